The zero-order valence-electron chi connectivity index (χ0n) is 12.0. The van der Waals surface area contributed by atoms with Crippen LogP contribution in [0.1, 0.15) is 30.1 Å². The standard InChI is InChI=1S/C14H19NO5S/c1-10(3-8-13(16)17)9-15-14(18)11-4-6-12(7-5-11)21(2,19)20/h4-7,10H,3,8-9H2,1-2H3,(H,15,18)(H,16,17). The first-order chi connectivity index (χ1) is 9.70. The molecule has 1 rings (SSSR count). The van der Waals surface area contributed by atoms with E-state index in [0.717, 1.165) is 6.26 Å². The third kappa shape index (κ3) is 5.95. The fourth-order valence-electron chi connectivity index (χ4n) is 1.69. The zero-order chi connectivity index (χ0) is 16.0. The molecule has 0 aliphatic carbocycles. The molecule has 6 nitrogen and oxygen atoms in total. The van der Waals surface area contributed by atoms with Crippen LogP contribution in [0.3, 0.4) is 0 Å². The lowest BCUT2D eigenvalue weighted by atomic mass is 10.1. The highest BCUT2D eigenvalue weighted by molar-refractivity contribution is 7.90. The van der Waals surface area contributed by atoms with Crippen molar-refractivity contribution in [2.75, 3.05) is 12.8 Å². The van der Waals surface area contributed by atoms with Gasteiger partial charge in [0.2, 0.25) is 0 Å². The second kappa shape index (κ2) is 7.21. The molecule has 0 fully saturated rings. The Hall–Kier alpha value is -1.89. The second-order valence-electron chi connectivity index (χ2n) is 5.04. The van der Waals surface area contributed by atoms with E-state index in [1.54, 1.807) is 0 Å². The van der Waals surface area contributed by atoms with Crippen LogP contribution in [0.15, 0.2) is 29.2 Å². The van der Waals surface area contributed by atoms with Gasteiger partial charge in [-0.25, -0.2) is 8.42 Å². The Morgan fingerprint density at radius 3 is 2.29 bits per heavy atom. The summed E-state index contributed by atoms with van der Waals surface area (Å²) >= 11 is 0. The van der Waals surface area contributed by atoms with E-state index in [1.165, 1.54) is 24.3 Å². The van der Waals surface area contributed by atoms with Crippen LogP contribution in [-0.4, -0.2) is 38.2 Å². The largest absolute Gasteiger partial charge is 0.481 e. The molecule has 0 aromatic heterocycles. The number of benzene rings is 1. The molecule has 0 radical (unpaired) electrons. The van der Waals surface area contributed by atoms with E-state index in [1.807, 2.05) is 6.92 Å². The Morgan fingerprint density at radius 2 is 1.81 bits per heavy atom. The lowest BCUT2D eigenvalue weighted by molar-refractivity contribution is -0.137. The molecule has 21 heavy (non-hydrogen) atoms. The molecule has 1 unspecified atom stereocenters. The number of rotatable bonds is 7. The summed E-state index contributed by atoms with van der Waals surface area (Å²) in [6.45, 7) is 2.23. The van der Waals surface area contributed by atoms with Gasteiger partial charge in [-0.15, -0.1) is 0 Å². The normalized spacial score (nSPS) is 12.7. The van der Waals surface area contributed by atoms with Crippen LogP contribution in [0, 0.1) is 5.92 Å². The first kappa shape index (κ1) is 17.2. The van der Waals surface area contributed by atoms with E-state index >= 15 is 0 Å². The highest BCUT2D eigenvalue weighted by atomic mass is 32.2. The van der Waals surface area contributed by atoms with Gasteiger partial charge in [0.05, 0.1) is 4.90 Å². The molecule has 0 saturated heterocycles. The second-order valence-corrected chi connectivity index (χ2v) is 7.06. The molecule has 0 bridgehead atoms. The molecular weight excluding hydrogens is 294 g/mol. The quantitative estimate of drug-likeness (QED) is 0.790. The number of amides is 1. The summed E-state index contributed by atoms with van der Waals surface area (Å²) < 4.78 is 22.6. The smallest absolute Gasteiger partial charge is 0.303 e. The van der Waals surface area contributed by atoms with Crippen molar-refractivity contribution in [3.63, 3.8) is 0 Å². The Bertz CT molecular complexity index is 607. The van der Waals surface area contributed by atoms with Crippen LogP contribution in [0.5, 0.6) is 0 Å². The van der Waals surface area contributed by atoms with Gasteiger partial charge < -0.3 is 10.4 Å². The number of carbonyl (C=O) groups is 2. The number of carboxylic acids is 1. The number of carboxylic acid groups (broad SMARTS) is 1. The number of aliphatic carboxylic acids is 1. The fourth-order valence-corrected chi connectivity index (χ4v) is 2.32. The highest BCUT2D eigenvalue weighted by Gasteiger charge is 2.11. The van der Waals surface area contributed by atoms with Crippen molar-refractivity contribution in [1.82, 2.24) is 5.32 Å². The Morgan fingerprint density at radius 1 is 1.24 bits per heavy atom. The first-order valence-corrected chi connectivity index (χ1v) is 8.39. The average Bonchev–Trinajstić information content (AvgIpc) is 2.41. The maximum absolute atomic E-state index is 11.9. The number of hydrogen-bond acceptors (Lipinski definition) is 4. The Balaban J connectivity index is 2.54. The van der Waals surface area contributed by atoms with Crippen molar-refractivity contribution in [3.05, 3.63) is 29.8 Å². The van der Waals surface area contributed by atoms with Gasteiger partial charge >= 0.3 is 5.97 Å². The summed E-state index contributed by atoms with van der Waals surface area (Å²) in [5.41, 5.74) is 0.368. The molecule has 116 valence electrons. The minimum atomic E-state index is -3.27. The molecular formula is C14H19NO5S. The number of hydrogen-bond donors (Lipinski definition) is 2. The zero-order valence-corrected chi connectivity index (χ0v) is 12.8. The topological polar surface area (TPSA) is 101 Å². The molecule has 1 aromatic carbocycles. The first-order valence-electron chi connectivity index (χ1n) is 6.50. The van der Waals surface area contributed by atoms with Gasteiger partial charge in [-0.2, -0.15) is 0 Å². The van der Waals surface area contributed by atoms with Crippen molar-refractivity contribution in [1.29, 1.82) is 0 Å². The van der Waals surface area contributed by atoms with Gasteiger partial charge in [0.1, 0.15) is 0 Å². The third-order valence-corrected chi connectivity index (χ3v) is 4.14. The van der Waals surface area contributed by atoms with E-state index in [4.69, 9.17) is 5.11 Å². The summed E-state index contributed by atoms with van der Waals surface area (Å²) in [5.74, 6) is -1.11. The highest BCUT2D eigenvalue weighted by Crippen LogP contribution is 2.10. The average molecular weight is 313 g/mol. The number of nitrogens with one attached hydrogen (secondary N) is 1. The minimum Gasteiger partial charge on any atom is -0.481 e. The SMILES string of the molecule is CC(CCC(=O)O)CNC(=O)c1ccc(S(C)(=O)=O)cc1. The lowest BCUT2D eigenvalue weighted by Crippen LogP contribution is -2.28. The molecule has 0 heterocycles. The van der Waals surface area contributed by atoms with Gasteiger partial charge in [0.25, 0.3) is 5.91 Å². The molecule has 1 atom stereocenters. The fraction of sp³-hybridized carbons (Fsp3) is 0.429. The van der Waals surface area contributed by atoms with Crippen molar-refractivity contribution >= 4 is 21.7 Å². The van der Waals surface area contributed by atoms with Crippen molar-refractivity contribution in [2.45, 2.75) is 24.7 Å². The summed E-state index contributed by atoms with van der Waals surface area (Å²) in [6, 6.07) is 5.68. The Kier molecular flexibility index (Phi) is 5.90. The Labute approximate surface area is 124 Å². The summed E-state index contributed by atoms with van der Waals surface area (Å²) in [4.78, 5) is 22.5. The summed E-state index contributed by atoms with van der Waals surface area (Å²) in [7, 11) is -3.27. The van der Waals surface area contributed by atoms with Crippen LogP contribution < -0.4 is 5.32 Å². The molecule has 2 N–H and O–H groups in total. The van der Waals surface area contributed by atoms with E-state index < -0.39 is 15.8 Å². The lowest BCUT2D eigenvalue weighted by Gasteiger charge is -2.11. The van der Waals surface area contributed by atoms with E-state index in [-0.39, 0.29) is 23.1 Å². The molecule has 1 aromatic rings. The molecule has 0 aliphatic heterocycles. The van der Waals surface area contributed by atoms with Crippen molar-refractivity contribution in [3.8, 4) is 0 Å². The van der Waals surface area contributed by atoms with E-state index in [0.29, 0.717) is 18.5 Å². The van der Waals surface area contributed by atoms with Crippen LogP contribution in [0.25, 0.3) is 0 Å². The van der Waals surface area contributed by atoms with E-state index in [2.05, 4.69) is 5.32 Å². The monoisotopic (exact) mass is 313 g/mol. The van der Waals surface area contributed by atoms with Crippen LogP contribution in [0.4, 0.5) is 0 Å². The van der Waals surface area contributed by atoms with Crippen LogP contribution in [-0.2, 0) is 14.6 Å². The van der Waals surface area contributed by atoms with Gasteiger partial charge in [-0.1, -0.05) is 6.92 Å². The van der Waals surface area contributed by atoms with Gasteiger partial charge in [0, 0.05) is 24.8 Å². The predicted octanol–water partition coefficient (Wildman–Crippen LogP) is 1.32. The van der Waals surface area contributed by atoms with Gasteiger partial charge in [-0.05, 0) is 36.6 Å². The molecule has 7 heteroatoms. The minimum absolute atomic E-state index is 0.0559. The predicted molar refractivity (Wildman–Crippen MR) is 77.9 cm³/mol. The molecule has 0 saturated carbocycles. The van der Waals surface area contributed by atoms with Crippen LogP contribution >= 0.6 is 0 Å². The van der Waals surface area contributed by atoms with Crippen LogP contribution in [0.2, 0.25) is 0 Å². The molecule has 0 aliphatic rings. The maximum atomic E-state index is 11.9. The molecule has 0 spiro atoms. The number of carbonyl (C=O) groups excluding carboxylic acids is 1. The van der Waals surface area contributed by atoms with Gasteiger partial charge in [0.15, 0.2) is 9.84 Å². The van der Waals surface area contributed by atoms with Crippen molar-refractivity contribution < 1.29 is 23.1 Å². The summed E-state index contributed by atoms with van der Waals surface area (Å²) in [5, 5.41) is 11.3. The van der Waals surface area contributed by atoms with Gasteiger partial charge in [-0.3, -0.25) is 9.59 Å². The van der Waals surface area contributed by atoms with E-state index in [9.17, 15) is 18.0 Å². The van der Waals surface area contributed by atoms with Crippen molar-refractivity contribution in [2.24, 2.45) is 5.92 Å². The number of sulfone groups is 1. The molecule has 1 amide bonds. The maximum Gasteiger partial charge on any atom is 0.303 e. The summed E-state index contributed by atoms with van der Waals surface area (Å²) in [6.07, 6.45) is 1.66. The third-order valence-electron chi connectivity index (χ3n) is 3.01.